The van der Waals surface area contributed by atoms with E-state index in [1.54, 1.807) is 4.57 Å². The molecule has 0 aliphatic carbocycles. The number of methoxy groups -OCH3 is 1. The molecule has 0 aromatic carbocycles. The van der Waals surface area contributed by atoms with Gasteiger partial charge >= 0.3 is 5.97 Å². The summed E-state index contributed by atoms with van der Waals surface area (Å²) in [7, 11) is 1.28. The monoisotopic (exact) mass is 262 g/mol. The molecular weight excluding hydrogens is 251 g/mol. The van der Waals surface area contributed by atoms with Crippen molar-refractivity contribution in [2.24, 2.45) is 0 Å². The summed E-state index contributed by atoms with van der Waals surface area (Å²) in [6.07, 6.45) is -0.0888. The van der Waals surface area contributed by atoms with E-state index in [9.17, 15) is 9.18 Å². The fourth-order valence-corrected chi connectivity index (χ4v) is 2.08. The number of carbonyl (C=O) groups is 1. The second-order valence-corrected chi connectivity index (χ2v) is 4.01. The Labute approximate surface area is 102 Å². The Morgan fingerprint density at radius 2 is 2.53 bits per heavy atom. The predicted octanol–water partition coefficient (Wildman–Crippen LogP) is 1.23. The number of aromatic nitrogens is 2. The van der Waals surface area contributed by atoms with Crippen LogP contribution in [0.1, 0.15) is 16.2 Å². The van der Waals surface area contributed by atoms with E-state index in [0.717, 1.165) is 0 Å². The molecule has 1 aromatic heterocycles. The van der Waals surface area contributed by atoms with E-state index in [2.05, 4.69) is 9.72 Å². The largest absolute Gasteiger partial charge is 0.464 e. The van der Waals surface area contributed by atoms with E-state index in [1.807, 2.05) is 0 Å². The van der Waals surface area contributed by atoms with Gasteiger partial charge in [0, 0.05) is 6.42 Å². The molecule has 0 unspecified atom stereocenters. The number of rotatable bonds is 2. The minimum absolute atomic E-state index is 0.157. The molecule has 1 aliphatic rings. The highest BCUT2D eigenvalue weighted by atomic mass is 35.5. The number of nitrogens with zero attached hydrogens (tertiary/aromatic N) is 2. The summed E-state index contributed by atoms with van der Waals surface area (Å²) in [5, 5.41) is 0.157. The standard InChI is InChI=1S/C10H12ClFN2O3/c1-16-9(15)8-7-2-3-17-6(4-12)5-14(7)10(11)13-8/h6H,2-5H2,1H3/t6-/m1/s1. The van der Waals surface area contributed by atoms with Crippen molar-refractivity contribution in [1.29, 1.82) is 0 Å². The first-order valence-electron chi connectivity index (χ1n) is 5.18. The summed E-state index contributed by atoms with van der Waals surface area (Å²) < 4.78 is 24.1. The first-order valence-corrected chi connectivity index (χ1v) is 5.56. The second-order valence-electron chi connectivity index (χ2n) is 3.68. The highest BCUT2D eigenvalue weighted by molar-refractivity contribution is 6.28. The lowest BCUT2D eigenvalue weighted by molar-refractivity contribution is 0.0353. The molecule has 0 fully saturated rings. The second kappa shape index (κ2) is 5.01. The molecule has 17 heavy (non-hydrogen) atoms. The van der Waals surface area contributed by atoms with E-state index in [-0.39, 0.29) is 17.5 Å². The maximum absolute atomic E-state index is 12.6. The third kappa shape index (κ3) is 2.28. The van der Waals surface area contributed by atoms with Gasteiger partial charge in [-0.3, -0.25) is 0 Å². The number of esters is 1. The van der Waals surface area contributed by atoms with Gasteiger partial charge in [-0.05, 0) is 11.6 Å². The third-order valence-electron chi connectivity index (χ3n) is 2.66. The van der Waals surface area contributed by atoms with E-state index >= 15 is 0 Å². The van der Waals surface area contributed by atoms with Crippen LogP contribution in [-0.4, -0.2) is 42.0 Å². The molecule has 94 valence electrons. The van der Waals surface area contributed by atoms with Gasteiger partial charge < -0.3 is 14.0 Å². The van der Waals surface area contributed by atoms with Gasteiger partial charge in [-0.15, -0.1) is 0 Å². The minimum atomic E-state index is -0.596. The van der Waals surface area contributed by atoms with Crippen molar-refractivity contribution < 1.29 is 18.7 Å². The molecule has 0 saturated heterocycles. The SMILES string of the molecule is COC(=O)c1nc(Cl)n2c1CCO[C@H](CF)C2. The van der Waals surface area contributed by atoms with Crippen LogP contribution in [0.15, 0.2) is 0 Å². The van der Waals surface area contributed by atoms with E-state index in [1.165, 1.54) is 7.11 Å². The van der Waals surface area contributed by atoms with Crippen LogP contribution in [0.5, 0.6) is 0 Å². The smallest absolute Gasteiger partial charge is 0.358 e. The van der Waals surface area contributed by atoms with Crippen LogP contribution in [0, 0.1) is 0 Å². The molecule has 0 bridgehead atoms. The summed E-state index contributed by atoms with van der Waals surface area (Å²) in [6.45, 7) is -0.00320. The Kier molecular flexibility index (Phi) is 3.63. The van der Waals surface area contributed by atoms with Crippen LogP contribution in [0.4, 0.5) is 4.39 Å². The molecule has 0 radical (unpaired) electrons. The fraction of sp³-hybridized carbons (Fsp3) is 0.600. The zero-order chi connectivity index (χ0) is 12.4. The highest BCUT2D eigenvalue weighted by Crippen LogP contribution is 2.22. The molecule has 0 spiro atoms. The summed E-state index contributed by atoms with van der Waals surface area (Å²) in [5.74, 6) is -0.542. The molecular formula is C10H12ClFN2O3. The van der Waals surface area contributed by atoms with Gasteiger partial charge in [-0.2, -0.15) is 0 Å². The molecule has 2 heterocycles. The zero-order valence-corrected chi connectivity index (χ0v) is 10.0. The lowest BCUT2D eigenvalue weighted by atomic mass is 10.2. The van der Waals surface area contributed by atoms with Crippen molar-refractivity contribution in [2.45, 2.75) is 19.1 Å². The molecule has 1 aliphatic heterocycles. The van der Waals surface area contributed by atoms with Crippen molar-refractivity contribution >= 4 is 17.6 Å². The molecule has 1 atom stereocenters. The van der Waals surface area contributed by atoms with Crippen molar-refractivity contribution in [3.05, 3.63) is 16.7 Å². The first-order chi connectivity index (χ1) is 8.17. The van der Waals surface area contributed by atoms with Crippen LogP contribution in [0.25, 0.3) is 0 Å². The van der Waals surface area contributed by atoms with Crippen LogP contribution in [0.3, 0.4) is 0 Å². The van der Waals surface area contributed by atoms with Crippen LogP contribution in [0.2, 0.25) is 5.28 Å². The lowest BCUT2D eigenvalue weighted by Gasteiger charge is -2.11. The van der Waals surface area contributed by atoms with Crippen molar-refractivity contribution in [3.63, 3.8) is 0 Å². The Bertz CT molecular complexity index is 435. The molecule has 7 heteroatoms. The van der Waals surface area contributed by atoms with Gasteiger partial charge in [0.15, 0.2) is 5.69 Å². The number of ether oxygens (including phenoxy) is 2. The number of imidazole rings is 1. The maximum Gasteiger partial charge on any atom is 0.358 e. The quantitative estimate of drug-likeness (QED) is 0.753. The average Bonchev–Trinajstić information content (AvgIpc) is 2.55. The number of fused-ring (bicyclic) bond motifs is 1. The Balaban J connectivity index is 2.39. The molecule has 0 N–H and O–H groups in total. The molecule has 0 amide bonds. The van der Waals surface area contributed by atoms with Crippen LogP contribution in [-0.2, 0) is 22.4 Å². The Morgan fingerprint density at radius 1 is 1.76 bits per heavy atom. The number of alkyl halides is 1. The number of hydrogen-bond acceptors (Lipinski definition) is 4. The Morgan fingerprint density at radius 3 is 3.18 bits per heavy atom. The fourth-order valence-electron chi connectivity index (χ4n) is 1.83. The first kappa shape index (κ1) is 12.3. The van der Waals surface area contributed by atoms with Crippen molar-refractivity contribution in [1.82, 2.24) is 9.55 Å². The maximum atomic E-state index is 12.6. The van der Waals surface area contributed by atoms with Crippen molar-refractivity contribution in [3.8, 4) is 0 Å². The average molecular weight is 263 g/mol. The molecule has 5 nitrogen and oxygen atoms in total. The van der Waals surface area contributed by atoms with Gasteiger partial charge in [-0.25, -0.2) is 14.2 Å². The van der Waals surface area contributed by atoms with Crippen LogP contribution >= 0.6 is 11.6 Å². The molecule has 0 saturated carbocycles. The number of hydrogen-bond donors (Lipinski definition) is 0. The van der Waals surface area contributed by atoms with Crippen LogP contribution < -0.4 is 0 Å². The number of carbonyl (C=O) groups excluding carboxylic acids is 1. The Hall–Kier alpha value is -1.14. The summed E-state index contributed by atoms with van der Waals surface area (Å²) in [5.41, 5.74) is 0.818. The lowest BCUT2D eigenvalue weighted by Crippen LogP contribution is -2.20. The van der Waals surface area contributed by atoms with Gasteiger partial charge in [0.2, 0.25) is 5.28 Å². The summed E-state index contributed by atoms with van der Waals surface area (Å²) >= 11 is 5.92. The summed E-state index contributed by atoms with van der Waals surface area (Å²) in [4.78, 5) is 15.4. The number of halogens is 2. The molecule has 1 aromatic rings. The van der Waals surface area contributed by atoms with Crippen molar-refractivity contribution in [2.75, 3.05) is 20.4 Å². The van der Waals surface area contributed by atoms with E-state index in [4.69, 9.17) is 16.3 Å². The van der Waals surface area contributed by atoms with Gasteiger partial charge in [0.25, 0.3) is 0 Å². The third-order valence-corrected chi connectivity index (χ3v) is 2.94. The topological polar surface area (TPSA) is 53.3 Å². The van der Waals surface area contributed by atoms with Gasteiger partial charge in [-0.1, -0.05) is 0 Å². The summed E-state index contributed by atoms with van der Waals surface area (Å²) in [6, 6.07) is 0. The minimum Gasteiger partial charge on any atom is -0.464 e. The molecule has 2 rings (SSSR count). The van der Waals surface area contributed by atoms with E-state index in [0.29, 0.717) is 18.7 Å². The zero-order valence-electron chi connectivity index (χ0n) is 9.28. The highest BCUT2D eigenvalue weighted by Gasteiger charge is 2.26. The van der Waals surface area contributed by atoms with Gasteiger partial charge in [0.05, 0.1) is 26.0 Å². The normalized spacial score (nSPS) is 19.6. The van der Waals surface area contributed by atoms with E-state index < -0.39 is 18.7 Å². The van der Waals surface area contributed by atoms with Gasteiger partial charge in [0.1, 0.15) is 12.8 Å². The predicted molar refractivity (Wildman–Crippen MR) is 58.0 cm³/mol.